The second kappa shape index (κ2) is 7.13. The van der Waals surface area contributed by atoms with Crippen LogP contribution in [0.5, 0.6) is 0 Å². The number of anilines is 2. The number of hydrogen-bond donors (Lipinski definition) is 5. The van der Waals surface area contributed by atoms with Gasteiger partial charge in [0.2, 0.25) is 5.95 Å². The first-order chi connectivity index (χ1) is 13.1. The first kappa shape index (κ1) is 17.7. The van der Waals surface area contributed by atoms with E-state index in [2.05, 4.69) is 30.5 Å². The molecule has 1 fully saturated rings. The van der Waals surface area contributed by atoms with E-state index in [1.807, 2.05) is 0 Å². The summed E-state index contributed by atoms with van der Waals surface area (Å²) >= 11 is 1.42. The SMILES string of the molecule is Nc1nc(N/N=C/c2cncs2)nc2c1ncn2[C@@H]1O[C@H](CO)[C@@H](O)[C@H]1O. The molecule has 0 aromatic carbocycles. The summed E-state index contributed by atoms with van der Waals surface area (Å²) in [6.07, 6.45) is 0.193. The summed E-state index contributed by atoms with van der Waals surface area (Å²) in [4.78, 5) is 17.3. The van der Waals surface area contributed by atoms with Crippen LogP contribution in [0.1, 0.15) is 11.1 Å². The van der Waals surface area contributed by atoms with Crippen LogP contribution in [0.3, 0.4) is 0 Å². The number of fused-ring (bicyclic) bond motifs is 1. The quantitative estimate of drug-likeness (QED) is 0.265. The molecule has 13 heteroatoms. The Bertz CT molecular complexity index is 962. The van der Waals surface area contributed by atoms with Crippen LogP contribution < -0.4 is 11.2 Å². The summed E-state index contributed by atoms with van der Waals surface area (Å²) in [5.41, 5.74) is 10.9. The lowest BCUT2D eigenvalue weighted by Gasteiger charge is -2.16. The zero-order chi connectivity index (χ0) is 19.0. The van der Waals surface area contributed by atoms with Gasteiger partial charge >= 0.3 is 0 Å². The fourth-order valence-electron chi connectivity index (χ4n) is 2.73. The van der Waals surface area contributed by atoms with Crippen molar-refractivity contribution in [2.75, 3.05) is 17.8 Å². The first-order valence-electron chi connectivity index (χ1n) is 7.88. The molecule has 4 atom stereocenters. The molecular formula is C14H16N8O4S. The number of nitrogens with one attached hydrogen (secondary N) is 1. The molecule has 0 radical (unpaired) electrons. The van der Waals surface area contributed by atoms with Gasteiger partial charge in [-0.2, -0.15) is 15.1 Å². The van der Waals surface area contributed by atoms with E-state index in [-0.39, 0.29) is 17.4 Å². The molecule has 1 aliphatic rings. The van der Waals surface area contributed by atoms with Crippen LogP contribution in [0.15, 0.2) is 23.1 Å². The number of hydrazone groups is 1. The fourth-order valence-corrected chi connectivity index (χ4v) is 3.21. The van der Waals surface area contributed by atoms with E-state index in [0.717, 1.165) is 4.88 Å². The Hall–Kier alpha value is -2.71. The van der Waals surface area contributed by atoms with Gasteiger partial charge in [0.05, 0.1) is 29.5 Å². The molecule has 3 aromatic rings. The van der Waals surface area contributed by atoms with Gasteiger partial charge in [-0.25, -0.2) is 10.4 Å². The number of ether oxygens (including phenoxy) is 1. The van der Waals surface area contributed by atoms with Crippen molar-refractivity contribution in [1.82, 2.24) is 24.5 Å². The van der Waals surface area contributed by atoms with Crippen molar-refractivity contribution in [3.8, 4) is 0 Å². The summed E-state index contributed by atoms with van der Waals surface area (Å²) in [5.74, 6) is 0.232. The molecule has 0 aliphatic carbocycles. The average molecular weight is 392 g/mol. The Morgan fingerprint density at radius 1 is 1.37 bits per heavy atom. The van der Waals surface area contributed by atoms with Crippen LogP contribution in [0.4, 0.5) is 11.8 Å². The number of nitrogens with two attached hydrogens (primary N) is 1. The third-order valence-corrected chi connectivity index (χ3v) is 4.76. The lowest BCUT2D eigenvalue weighted by molar-refractivity contribution is -0.0511. The maximum absolute atomic E-state index is 10.2. The van der Waals surface area contributed by atoms with Gasteiger partial charge in [0.1, 0.15) is 23.8 Å². The lowest BCUT2D eigenvalue weighted by atomic mass is 10.1. The smallest absolute Gasteiger partial charge is 0.247 e. The molecule has 12 nitrogen and oxygen atoms in total. The van der Waals surface area contributed by atoms with E-state index in [4.69, 9.17) is 10.5 Å². The van der Waals surface area contributed by atoms with Gasteiger partial charge < -0.3 is 25.8 Å². The second-order valence-electron chi connectivity index (χ2n) is 5.76. The van der Waals surface area contributed by atoms with Gasteiger partial charge in [0.15, 0.2) is 17.7 Å². The Labute approximate surface area is 156 Å². The third-order valence-electron chi connectivity index (χ3n) is 4.05. The average Bonchev–Trinajstić information content (AvgIpc) is 3.37. The molecule has 4 heterocycles. The van der Waals surface area contributed by atoms with Crippen LogP contribution >= 0.6 is 11.3 Å². The molecule has 1 saturated heterocycles. The molecule has 0 saturated carbocycles. The predicted molar refractivity (Wildman–Crippen MR) is 96.1 cm³/mol. The highest BCUT2D eigenvalue weighted by atomic mass is 32.1. The van der Waals surface area contributed by atoms with Crippen molar-refractivity contribution in [2.24, 2.45) is 5.10 Å². The van der Waals surface area contributed by atoms with E-state index in [9.17, 15) is 15.3 Å². The Morgan fingerprint density at radius 3 is 2.93 bits per heavy atom. The minimum atomic E-state index is -1.27. The second-order valence-corrected chi connectivity index (χ2v) is 6.68. The van der Waals surface area contributed by atoms with Gasteiger partial charge in [-0.05, 0) is 0 Å². The number of nitrogens with zero attached hydrogens (tertiary/aromatic N) is 6. The Balaban J connectivity index is 1.64. The van der Waals surface area contributed by atoms with Crippen LogP contribution in [-0.2, 0) is 4.74 Å². The van der Waals surface area contributed by atoms with Gasteiger partial charge in [0.25, 0.3) is 0 Å². The summed E-state index contributed by atoms with van der Waals surface area (Å²) in [5, 5.41) is 33.5. The van der Waals surface area contributed by atoms with Crippen molar-refractivity contribution in [3.63, 3.8) is 0 Å². The van der Waals surface area contributed by atoms with Crippen molar-refractivity contribution in [3.05, 3.63) is 22.9 Å². The van der Waals surface area contributed by atoms with E-state index in [1.54, 1.807) is 17.9 Å². The van der Waals surface area contributed by atoms with E-state index >= 15 is 0 Å². The number of nitrogen functional groups attached to an aromatic ring is 1. The van der Waals surface area contributed by atoms with Crippen molar-refractivity contribution < 1.29 is 20.1 Å². The molecule has 1 aliphatic heterocycles. The zero-order valence-corrected chi connectivity index (χ0v) is 14.6. The predicted octanol–water partition coefficient (Wildman–Crippen LogP) is -1.08. The molecule has 0 spiro atoms. The number of aromatic nitrogens is 5. The molecule has 6 N–H and O–H groups in total. The minimum absolute atomic E-state index is 0.112. The monoisotopic (exact) mass is 392 g/mol. The van der Waals surface area contributed by atoms with Crippen LogP contribution in [0.2, 0.25) is 0 Å². The van der Waals surface area contributed by atoms with Crippen LogP contribution in [-0.4, -0.2) is 71.0 Å². The molecule has 0 unspecified atom stereocenters. The molecule has 0 bridgehead atoms. The molecule has 3 aromatic heterocycles. The Morgan fingerprint density at radius 2 is 2.22 bits per heavy atom. The van der Waals surface area contributed by atoms with E-state index in [0.29, 0.717) is 5.52 Å². The summed E-state index contributed by atoms with van der Waals surface area (Å²) in [7, 11) is 0. The van der Waals surface area contributed by atoms with Gasteiger partial charge in [-0.3, -0.25) is 9.55 Å². The largest absolute Gasteiger partial charge is 0.394 e. The highest BCUT2D eigenvalue weighted by Crippen LogP contribution is 2.32. The highest BCUT2D eigenvalue weighted by molar-refractivity contribution is 7.11. The number of rotatable bonds is 5. The maximum atomic E-state index is 10.2. The minimum Gasteiger partial charge on any atom is -0.394 e. The third kappa shape index (κ3) is 3.22. The van der Waals surface area contributed by atoms with Crippen molar-refractivity contribution in [1.29, 1.82) is 0 Å². The van der Waals surface area contributed by atoms with Crippen molar-refractivity contribution >= 4 is 40.5 Å². The molecule has 27 heavy (non-hydrogen) atoms. The van der Waals surface area contributed by atoms with E-state index < -0.39 is 31.1 Å². The number of aliphatic hydroxyl groups excluding tert-OH is 3. The number of imidazole rings is 1. The van der Waals surface area contributed by atoms with Gasteiger partial charge in [-0.15, -0.1) is 11.3 Å². The molecule has 142 valence electrons. The zero-order valence-electron chi connectivity index (χ0n) is 13.7. The normalized spacial score (nSPS) is 25.6. The Kier molecular flexibility index (Phi) is 4.67. The van der Waals surface area contributed by atoms with E-state index in [1.165, 1.54) is 22.2 Å². The molecular weight excluding hydrogens is 376 g/mol. The fraction of sp³-hybridized carbons (Fsp3) is 0.357. The number of thiazole rings is 1. The molecule has 0 amide bonds. The maximum Gasteiger partial charge on any atom is 0.247 e. The number of aliphatic hydroxyl groups is 3. The standard InChI is InChI=1S/C14H16N8O4S/c15-11-8-12(20-14(19-11)21-18-2-6-1-16-5-27-6)22(4-17-8)13-10(25)9(24)7(3-23)26-13/h1-2,4-5,7,9-10,13,23-25H,3H2,(H3,15,19,20,21)/b18-2+/t7-,9-,10-,13-/m1/s1. The topological polar surface area (TPSA) is 177 Å². The van der Waals surface area contributed by atoms with Gasteiger partial charge in [-0.1, -0.05) is 0 Å². The highest BCUT2D eigenvalue weighted by Gasteiger charge is 2.44. The summed E-state index contributed by atoms with van der Waals surface area (Å²) < 4.78 is 6.94. The van der Waals surface area contributed by atoms with Crippen LogP contribution in [0, 0.1) is 0 Å². The van der Waals surface area contributed by atoms with Crippen LogP contribution in [0.25, 0.3) is 11.2 Å². The van der Waals surface area contributed by atoms with Crippen molar-refractivity contribution in [2.45, 2.75) is 24.5 Å². The van der Waals surface area contributed by atoms with Gasteiger partial charge in [0, 0.05) is 6.20 Å². The lowest BCUT2D eigenvalue weighted by Crippen LogP contribution is -2.33. The molecule has 4 rings (SSSR count). The summed E-state index contributed by atoms with van der Waals surface area (Å²) in [6, 6.07) is 0. The number of hydrogen-bond acceptors (Lipinski definition) is 12. The summed E-state index contributed by atoms with van der Waals surface area (Å²) in [6.45, 7) is -0.433. The first-order valence-corrected chi connectivity index (χ1v) is 8.76.